The number of carbonyl (C=O) groups is 3. The molecular weight excluding hydrogens is 462 g/mol. The Morgan fingerprint density at radius 3 is 2.44 bits per heavy atom. The molecule has 0 spiro atoms. The van der Waals surface area contributed by atoms with E-state index >= 15 is 0 Å². The first kappa shape index (κ1) is 26.4. The Hall–Kier alpha value is -2.65. The fourth-order valence-corrected chi connectivity index (χ4v) is 4.93. The summed E-state index contributed by atoms with van der Waals surface area (Å²) in [6.45, 7) is 6.36. The van der Waals surface area contributed by atoms with Gasteiger partial charge in [-0.15, -0.1) is 0 Å². The highest BCUT2D eigenvalue weighted by atomic mass is 16.5. The first-order chi connectivity index (χ1) is 17.3. The van der Waals surface area contributed by atoms with Crippen LogP contribution in [0.5, 0.6) is 5.75 Å². The van der Waals surface area contributed by atoms with Crippen LogP contribution in [0.25, 0.3) is 0 Å². The molecule has 0 bridgehead atoms. The summed E-state index contributed by atoms with van der Waals surface area (Å²) in [7, 11) is 3.38. The van der Waals surface area contributed by atoms with Crippen molar-refractivity contribution in [3.63, 3.8) is 0 Å². The topological polar surface area (TPSA) is 97.4 Å². The van der Waals surface area contributed by atoms with Crippen LogP contribution < -0.4 is 10.1 Å². The van der Waals surface area contributed by atoms with E-state index in [2.05, 4.69) is 12.2 Å². The number of hydrogen-bond donors (Lipinski definition) is 1. The lowest BCUT2D eigenvalue weighted by Crippen LogP contribution is -2.50. The molecule has 9 nitrogen and oxygen atoms in total. The highest BCUT2D eigenvalue weighted by Gasteiger charge is 2.34. The molecule has 198 valence electrons. The number of amides is 3. The van der Waals surface area contributed by atoms with Crippen LogP contribution in [-0.4, -0.2) is 86.7 Å². The monoisotopic (exact) mass is 501 g/mol. The van der Waals surface area contributed by atoms with Crippen molar-refractivity contribution in [3.8, 4) is 5.75 Å². The Kier molecular flexibility index (Phi) is 8.51. The first-order valence-electron chi connectivity index (χ1n) is 13.0. The third-order valence-electron chi connectivity index (χ3n) is 7.51. The van der Waals surface area contributed by atoms with Crippen molar-refractivity contribution in [3.05, 3.63) is 23.8 Å². The van der Waals surface area contributed by atoms with Gasteiger partial charge in [-0.1, -0.05) is 6.92 Å². The number of nitrogens with one attached hydrogen (secondary N) is 1. The fourth-order valence-electron chi connectivity index (χ4n) is 4.93. The zero-order valence-corrected chi connectivity index (χ0v) is 21.8. The van der Waals surface area contributed by atoms with Crippen LogP contribution in [0.4, 0.5) is 5.69 Å². The molecule has 1 saturated carbocycles. The lowest BCUT2D eigenvalue weighted by molar-refractivity contribution is -0.142. The van der Waals surface area contributed by atoms with Gasteiger partial charge in [0.2, 0.25) is 11.8 Å². The highest BCUT2D eigenvalue weighted by molar-refractivity contribution is 6.00. The van der Waals surface area contributed by atoms with E-state index in [0.29, 0.717) is 43.3 Å². The maximum absolute atomic E-state index is 13.6. The van der Waals surface area contributed by atoms with E-state index < -0.39 is 0 Å². The van der Waals surface area contributed by atoms with Crippen molar-refractivity contribution >= 4 is 23.4 Å². The van der Waals surface area contributed by atoms with E-state index in [9.17, 15) is 14.4 Å². The Bertz CT molecular complexity index is 959. The van der Waals surface area contributed by atoms with Gasteiger partial charge in [-0.25, -0.2) is 0 Å². The van der Waals surface area contributed by atoms with Crippen molar-refractivity contribution in [2.24, 2.45) is 17.8 Å². The van der Waals surface area contributed by atoms with Crippen LogP contribution in [0.15, 0.2) is 18.2 Å². The zero-order chi connectivity index (χ0) is 25.8. The van der Waals surface area contributed by atoms with Gasteiger partial charge in [-0.2, -0.15) is 0 Å². The van der Waals surface area contributed by atoms with Crippen molar-refractivity contribution in [2.75, 3.05) is 52.4 Å². The zero-order valence-electron chi connectivity index (χ0n) is 21.8. The summed E-state index contributed by atoms with van der Waals surface area (Å²) in [6, 6.07) is 4.97. The van der Waals surface area contributed by atoms with Gasteiger partial charge in [0, 0.05) is 63.9 Å². The van der Waals surface area contributed by atoms with Crippen molar-refractivity contribution in [1.29, 1.82) is 0 Å². The van der Waals surface area contributed by atoms with Crippen molar-refractivity contribution in [1.82, 2.24) is 9.80 Å². The molecule has 1 aromatic carbocycles. The fraction of sp³-hybridized carbons (Fsp3) is 0.667. The molecule has 1 saturated heterocycles. The van der Waals surface area contributed by atoms with E-state index in [0.717, 1.165) is 25.7 Å². The third kappa shape index (κ3) is 6.18. The molecule has 0 aromatic heterocycles. The number of rotatable bonds is 4. The van der Waals surface area contributed by atoms with Gasteiger partial charge >= 0.3 is 0 Å². The number of fused-ring (bicyclic) bond motifs is 1. The van der Waals surface area contributed by atoms with E-state index in [1.165, 1.54) is 0 Å². The molecule has 3 amide bonds. The Balaban J connectivity index is 1.61. The largest absolute Gasteiger partial charge is 0.491 e. The van der Waals surface area contributed by atoms with Crippen LogP contribution in [-0.2, 0) is 19.1 Å². The summed E-state index contributed by atoms with van der Waals surface area (Å²) in [4.78, 5) is 42.9. The maximum Gasteiger partial charge on any atom is 0.257 e. The SMILES string of the molecule is CO[C@H]1CN(C)C(=O)c2cc(NC(=O)C3CC3)ccc2OC[C@@H](C)N(C(=O)C2CCOCC2)C[C@H]1C. The van der Waals surface area contributed by atoms with Gasteiger partial charge in [0.1, 0.15) is 12.4 Å². The molecule has 2 fully saturated rings. The summed E-state index contributed by atoms with van der Waals surface area (Å²) < 4.78 is 17.4. The third-order valence-corrected chi connectivity index (χ3v) is 7.51. The number of hydrogen-bond acceptors (Lipinski definition) is 6. The molecule has 0 radical (unpaired) electrons. The first-order valence-corrected chi connectivity index (χ1v) is 13.0. The Morgan fingerprint density at radius 1 is 1.06 bits per heavy atom. The van der Waals surface area contributed by atoms with E-state index in [1.807, 2.05) is 11.8 Å². The molecule has 2 aliphatic heterocycles. The molecular formula is C27H39N3O6. The molecule has 3 aliphatic rings. The molecule has 36 heavy (non-hydrogen) atoms. The van der Waals surface area contributed by atoms with Gasteiger partial charge in [0.15, 0.2) is 0 Å². The number of carbonyl (C=O) groups excluding carboxylic acids is 3. The summed E-state index contributed by atoms with van der Waals surface area (Å²) in [6.07, 6.45) is 3.00. The van der Waals surface area contributed by atoms with Gasteiger partial charge in [0.05, 0.1) is 17.7 Å². The second-order valence-electron chi connectivity index (χ2n) is 10.4. The molecule has 9 heteroatoms. The normalized spacial score (nSPS) is 26.3. The smallest absolute Gasteiger partial charge is 0.257 e. The Labute approximate surface area is 213 Å². The number of likely N-dealkylation sites (N-methyl/N-ethyl adjacent to an activating group) is 1. The average molecular weight is 502 g/mol. The standard InChI is InChI=1S/C27H39N3O6/c1-17-14-30(26(32)20-9-11-35-12-10-20)18(2)16-36-23-8-7-21(28-25(31)19-5-6-19)13-22(23)27(33)29(3)15-24(17)34-4/h7-8,13,17-20,24H,5-6,9-12,14-16H2,1-4H3,(H,28,31)/t17-,18-,24+/m1/s1. The quantitative estimate of drug-likeness (QED) is 0.682. The lowest BCUT2D eigenvalue weighted by atomic mass is 9.95. The highest BCUT2D eigenvalue weighted by Crippen LogP contribution is 2.32. The van der Waals surface area contributed by atoms with E-state index in [-0.39, 0.29) is 54.2 Å². The number of anilines is 1. The van der Waals surface area contributed by atoms with Gasteiger partial charge in [-0.05, 0) is 50.8 Å². The number of benzene rings is 1. The van der Waals surface area contributed by atoms with Crippen molar-refractivity contribution < 1.29 is 28.6 Å². The molecule has 1 aromatic rings. The number of ether oxygens (including phenoxy) is 3. The predicted molar refractivity (Wildman–Crippen MR) is 135 cm³/mol. The minimum atomic E-state index is -0.252. The number of methoxy groups -OCH3 is 1. The molecule has 1 N–H and O–H groups in total. The molecule has 2 heterocycles. The minimum Gasteiger partial charge on any atom is -0.491 e. The van der Waals surface area contributed by atoms with Crippen LogP contribution in [0.1, 0.15) is 49.9 Å². The summed E-state index contributed by atoms with van der Waals surface area (Å²) in [5.41, 5.74) is 0.952. The molecule has 3 atom stereocenters. The summed E-state index contributed by atoms with van der Waals surface area (Å²) >= 11 is 0. The lowest BCUT2D eigenvalue weighted by Gasteiger charge is -2.38. The maximum atomic E-state index is 13.6. The second-order valence-corrected chi connectivity index (χ2v) is 10.4. The predicted octanol–water partition coefficient (Wildman–Crippen LogP) is 2.79. The minimum absolute atomic E-state index is 0.000415. The van der Waals surface area contributed by atoms with Crippen LogP contribution in [0.3, 0.4) is 0 Å². The van der Waals surface area contributed by atoms with Crippen molar-refractivity contribution in [2.45, 2.75) is 51.7 Å². The summed E-state index contributed by atoms with van der Waals surface area (Å²) in [5.74, 6) is 0.333. The van der Waals surface area contributed by atoms with Crippen LogP contribution in [0, 0.1) is 17.8 Å². The van der Waals surface area contributed by atoms with Crippen LogP contribution in [0.2, 0.25) is 0 Å². The number of nitrogens with zero attached hydrogens (tertiary/aromatic N) is 2. The van der Waals surface area contributed by atoms with E-state index in [1.54, 1.807) is 37.3 Å². The Morgan fingerprint density at radius 2 is 1.78 bits per heavy atom. The molecule has 0 unspecified atom stereocenters. The second kappa shape index (κ2) is 11.6. The van der Waals surface area contributed by atoms with E-state index in [4.69, 9.17) is 14.2 Å². The van der Waals surface area contributed by atoms with Gasteiger partial charge in [-0.3, -0.25) is 14.4 Å². The average Bonchev–Trinajstić information content (AvgIpc) is 3.74. The van der Waals surface area contributed by atoms with Gasteiger partial charge in [0.25, 0.3) is 5.91 Å². The van der Waals surface area contributed by atoms with Gasteiger partial charge < -0.3 is 29.3 Å². The summed E-state index contributed by atoms with van der Waals surface area (Å²) in [5, 5.41) is 2.92. The molecule has 1 aliphatic carbocycles. The molecule has 4 rings (SSSR count). The van der Waals surface area contributed by atoms with Crippen LogP contribution >= 0.6 is 0 Å².